The molecule has 156 valence electrons. The van der Waals surface area contributed by atoms with E-state index in [-0.39, 0.29) is 18.2 Å². The van der Waals surface area contributed by atoms with Gasteiger partial charge in [-0.05, 0) is 35.9 Å². The number of nitriles is 1. The number of hydrogen-bond donors (Lipinski definition) is 2. The summed E-state index contributed by atoms with van der Waals surface area (Å²) in [5.74, 6) is 2.27. The molecule has 0 amide bonds. The number of allylic oxidation sites excluding steroid dienone is 1. The average molecular weight is 418 g/mol. The highest BCUT2D eigenvalue weighted by molar-refractivity contribution is 5.76. The van der Waals surface area contributed by atoms with Crippen molar-refractivity contribution in [1.29, 1.82) is 5.26 Å². The van der Waals surface area contributed by atoms with Crippen LogP contribution in [0.4, 0.5) is 0 Å². The maximum absolute atomic E-state index is 9.89. The van der Waals surface area contributed by atoms with Crippen LogP contribution in [0.3, 0.4) is 0 Å². The zero-order valence-corrected chi connectivity index (χ0v) is 16.8. The molecule has 9 heteroatoms. The first-order chi connectivity index (χ1) is 15.1. The Morgan fingerprint density at radius 3 is 2.74 bits per heavy atom. The van der Waals surface area contributed by atoms with Crippen LogP contribution in [-0.4, -0.2) is 31.2 Å². The van der Waals surface area contributed by atoms with Crippen LogP contribution in [0, 0.1) is 11.3 Å². The lowest BCUT2D eigenvalue weighted by molar-refractivity contribution is 0.174. The van der Waals surface area contributed by atoms with E-state index in [1.54, 1.807) is 26.4 Å². The SMILES string of the molecule is COc1ccc(OC)c(-c2[nH]nc3c2[C@@H](c2ccc4c(c2)OCO4)C(C#N)=C(N)O3)c1. The van der Waals surface area contributed by atoms with Crippen LogP contribution in [0.15, 0.2) is 47.9 Å². The van der Waals surface area contributed by atoms with Crippen LogP contribution >= 0.6 is 0 Å². The molecule has 0 unspecified atom stereocenters. The average Bonchev–Trinajstić information content (AvgIpc) is 3.43. The summed E-state index contributed by atoms with van der Waals surface area (Å²) in [6, 6.07) is 13.1. The molecule has 3 N–H and O–H groups in total. The molecule has 0 saturated heterocycles. The minimum absolute atomic E-state index is 0.00771. The predicted octanol–water partition coefficient (Wildman–Crippen LogP) is 3.04. The van der Waals surface area contributed by atoms with Crippen molar-refractivity contribution in [3.8, 4) is 46.2 Å². The molecule has 0 spiro atoms. The van der Waals surface area contributed by atoms with E-state index in [1.165, 1.54) is 0 Å². The fourth-order valence-corrected chi connectivity index (χ4v) is 3.89. The highest BCUT2D eigenvalue weighted by Crippen LogP contribution is 2.49. The first-order valence-electron chi connectivity index (χ1n) is 9.42. The van der Waals surface area contributed by atoms with Crippen molar-refractivity contribution in [2.24, 2.45) is 5.73 Å². The molecule has 2 aromatic carbocycles. The molecule has 0 saturated carbocycles. The molecule has 5 rings (SSSR count). The van der Waals surface area contributed by atoms with Gasteiger partial charge in [0.15, 0.2) is 11.5 Å². The first kappa shape index (κ1) is 18.7. The summed E-state index contributed by atoms with van der Waals surface area (Å²) < 4.78 is 27.6. The molecule has 0 radical (unpaired) electrons. The molecule has 3 aromatic rings. The van der Waals surface area contributed by atoms with Gasteiger partial charge < -0.3 is 29.4 Å². The molecule has 0 fully saturated rings. The Morgan fingerprint density at radius 1 is 1.13 bits per heavy atom. The number of nitrogens with one attached hydrogen (secondary N) is 1. The Bertz CT molecular complexity index is 1260. The minimum atomic E-state index is -0.534. The van der Waals surface area contributed by atoms with Gasteiger partial charge in [0.1, 0.15) is 23.1 Å². The van der Waals surface area contributed by atoms with Gasteiger partial charge in [0.2, 0.25) is 18.6 Å². The molecule has 9 nitrogen and oxygen atoms in total. The Labute approximate surface area is 177 Å². The molecule has 31 heavy (non-hydrogen) atoms. The van der Waals surface area contributed by atoms with E-state index in [9.17, 15) is 5.26 Å². The number of hydrogen-bond acceptors (Lipinski definition) is 8. The predicted molar refractivity (Wildman–Crippen MR) is 109 cm³/mol. The maximum atomic E-state index is 9.89. The van der Waals surface area contributed by atoms with Crippen molar-refractivity contribution < 1.29 is 23.7 Å². The summed E-state index contributed by atoms with van der Waals surface area (Å²) >= 11 is 0. The Balaban J connectivity index is 1.73. The number of nitrogens with zero attached hydrogens (tertiary/aromatic N) is 2. The zero-order chi connectivity index (χ0) is 21.5. The van der Waals surface area contributed by atoms with E-state index < -0.39 is 5.92 Å². The summed E-state index contributed by atoms with van der Waals surface area (Å²) in [5.41, 5.74) is 9.15. The standard InChI is InChI=1S/C22H18N4O5/c1-27-12-4-6-15(28-2)13(8-12)20-19-18(11-3-5-16-17(7-11)30-10-29-16)14(9-23)21(24)31-22(19)26-25-20/h3-8,18H,10,24H2,1-2H3,(H,25,26)/t18-/m0/s1. The zero-order valence-electron chi connectivity index (χ0n) is 16.8. The number of fused-ring (bicyclic) bond motifs is 2. The third-order valence-electron chi connectivity index (χ3n) is 5.34. The number of methoxy groups -OCH3 is 2. The third-order valence-corrected chi connectivity index (χ3v) is 5.34. The summed E-state index contributed by atoms with van der Waals surface area (Å²) in [4.78, 5) is 0. The second kappa shape index (κ2) is 7.18. The second-order valence-electron chi connectivity index (χ2n) is 6.92. The smallest absolute Gasteiger partial charge is 0.244 e. The fraction of sp³-hybridized carbons (Fsp3) is 0.182. The monoisotopic (exact) mass is 418 g/mol. The third kappa shape index (κ3) is 2.88. The molecule has 2 aliphatic heterocycles. The molecule has 1 aromatic heterocycles. The van der Waals surface area contributed by atoms with Gasteiger partial charge >= 0.3 is 0 Å². The van der Waals surface area contributed by atoms with Crippen molar-refractivity contribution in [1.82, 2.24) is 10.2 Å². The van der Waals surface area contributed by atoms with Gasteiger partial charge in [0.25, 0.3) is 0 Å². The maximum Gasteiger partial charge on any atom is 0.244 e. The van der Waals surface area contributed by atoms with E-state index in [4.69, 9.17) is 29.4 Å². The molecule has 1 atom stereocenters. The van der Waals surface area contributed by atoms with E-state index in [1.807, 2.05) is 24.3 Å². The number of aromatic nitrogens is 2. The van der Waals surface area contributed by atoms with Crippen molar-refractivity contribution in [2.45, 2.75) is 5.92 Å². The number of nitrogens with two attached hydrogens (primary N) is 1. The number of rotatable bonds is 4. The Kier molecular flexibility index (Phi) is 4.33. The van der Waals surface area contributed by atoms with Crippen molar-refractivity contribution in [3.63, 3.8) is 0 Å². The van der Waals surface area contributed by atoms with Crippen LogP contribution in [0.25, 0.3) is 11.3 Å². The largest absolute Gasteiger partial charge is 0.497 e. The molecule has 0 aliphatic carbocycles. The highest BCUT2D eigenvalue weighted by Gasteiger charge is 2.37. The quantitative estimate of drug-likeness (QED) is 0.662. The van der Waals surface area contributed by atoms with Gasteiger partial charge in [0, 0.05) is 5.56 Å². The van der Waals surface area contributed by atoms with Gasteiger partial charge in [0.05, 0.1) is 31.4 Å². The van der Waals surface area contributed by atoms with Crippen LogP contribution in [0.2, 0.25) is 0 Å². The fourth-order valence-electron chi connectivity index (χ4n) is 3.89. The minimum Gasteiger partial charge on any atom is -0.497 e. The van der Waals surface area contributed by atoms with Crippen molar-refractivity contribution in [3.05, 3.63) is 59.0 Å². The number of H-pyrrole nitrogens is 1. The summed E-state index contributed by atoms with van der Waals surface area (Å²) in [7, 11) is 3.17. The molecular formula is C22H18N4O5. The van der Waals surface area contributed by atoms with Gasteiger partial charge in [-0.3, -0.25) is 5.10 Å². The molecule has 3 heterocycles. The van der Waals surface area contributed by atoms with Gasteiger partial charge in [-0.25, -0.2) is 0 Å². The number of benzene rings is 2. The lowest BCUT2D eigenvalue weighted by atomic mass is 9.82. The van der Waals surface area contributed by atoms with E-state index in [0.29, 0.717) is 45.7 Å². The summed E-state index contributed by atoms with van der Waals surface area (Å²) in [6.45, 7) is 0.152. The first-order valence-corrected chi connectivity index (χ1v) is 9.42. The van der Waals surface area contributed by atoms with Gasteiger partial charge in [-0.2, -0.15) is 5.26 Å². The molecule has 0 bridgehead atoms. The molecule has 2 aliphatic rings. The van der Waals surface area contributed by atoms with Crippen molar-refractivity contribution >= 4 is 0 Å². The normalized spacial score (nSPS) is 16.4. The number of ether oxygens (including phenoxy) is 5. The van der Waals surface area contributed by atoms with E-state index in [2.05, 4.69) is 16.3 Å². The second-order valence-corrected chi connectivity index (χ2v) is 6.92. The van der Waals surface area contributed by atoms with E-state index >= 15 is 0 Å². The van der Waals surface area contributed by atoms with Crippen molar-refractivity contribution in [2.75, 3.05) is 21.0 Å². The van der Waals surface area contributed by atoms with Crippen LogP contribution < -0.4 is 29.4 Å². The Morgan fingerprint density at radius 2 is 1.97 bits per heavy atom. The number of aromatic amines is 1. The van der Waals surface area contributed by atoms with Crippen LogP contribution in [0.1, 0.15) is 17.0 Å². The van der Waals surface area contributed by atoms with Gasteiger partial charge in [-0.1, -0.05) is 6.07 Å². The Hall–Kier alpha value is -4.32. The summed E-state index contributed by atoms with van der Waals surface area (Å²) in [5, 5.41) is 17.2. The lowest BCUT2D eigenvalue weighted by Gasteiger charge is -2.24. The van der Waals surface area contributed by atoms with Gasteiger partial charge in [-0.15, -0.1) is 5.10 Å². The van der Waals surface area contributed by atoms with Crippen LogP contribution in [-0.2, 0) is 0 Å². The lowest BCUT2D eigenvalue weighted by Crippen LogP contribution is -2.21. The highest BCUT2D eigenvalue weighted by atomic mass is 16.7. The van der Waals surface area contributed by atoms with Crippen LogP contribution in [0.5, 0.6) is 28.9 Å². The summed E-state index contributed by atoms with van der Waals surface area (Å²) in [6.07, 6.45) is 0. The molecular weight excluding hydrogens is 400 g/mol. The van der Waals surface area contributed by atoms with E-state index in [0.717, 1.165) is 5.56 Å². The topological polar surface area (TPSA) is 125 Å².